The van der Waals surface area contributed by atoms with Crippen LogP contribution in [-0.4, -0.2) is 37.5 Å². The van der Waals surface area contributed by atoms with Crippen molar-refractivity contribution < 1.29 is 13.5 Å². The summed E-state index contributed by atoms with van der Waals surface area (Å²) in [6, 6.07) is 3.37. The van der Waals surface area contributed by atoms with Crippen molar-refractivity contribution in [3.8, 4) is 0 Å². The highest BCUT2D eigenvalue weighted by atomic mass is 32.2. The van der Waals surface area contributed by atoms with Crippen LogP contribution in [-0.2, 0) is 10.0 Å². The first-order valence-corrected chi connectivity index (χ1v) is 7.37. The lowest BCUT2D eigenvalue weighted by Crippen LogP contribution is -2.34. The minimum absolute atomic E-state index is 0.0151. The highest BCUT2D eigenvalue weighted by Crippen LogP contribution is 2.28. The van der Waals surface area contributed by atoms with Crippen LogP contribution in [0, 0.1) is 13.8 Å². The van der Waals surface area contributed by atoms with Gasteiger partial charge in [0, 0.05) is 13.1 Å². The first-order chi connectivity index (χ1) is 8.86. The third-order valence-corrected chi connectivity index (χ3v) is 5.06. The molecule has 0 aliphatic rings. The number of nitrogens with zero attached hydrogens (tertiary/aromatic N) is 1. The topological polar surface area (TPSA) is 83.6 Å². The Hall–Kier alpha value is -1.37. The molecule has 0 fully saturated rings. The molecule has 0 atom stereocenters. The van der Waals surface area contributed by atoms with Gasteiger partial charge in [-0.25, -0.2) is 8.42 Å². The van der Waals surface area contributed by atoms with Crippen molar-refractivity contribution in [3.63, 3.8) is 0 Å². The summed E-state index contributed by atoms with van der Waals surface area (Å²) in [5.74, 6) is 0. The van der Waals surface area contributed by atoms with Crippen molar-refractivity contribution in [1.82, 2.24) is 4.31 Å². The predicted octanol–water partition coefficient (Wildman–Crippen LogP) is 1.05. The van der Waals surface area contributed by atoms with Gasteiger partial charge in [0.25, 0.3) is 0 Å². The summed E-state index contributed by atoms with van der Waals surface area (Å²) in [6.07, 6.45) is 1.48. The molecule has 6 heteroatoms. The largest absolute Gasteiger partial charge is 0.398 e. The van der Waals surface area contributed by atoms with Crippen LogP contribution < -0.4 is 5.73 Å². The number of benzene rings is 1. The molecule has 1 aromatic carbocycles. The van der Waals surface area contributed by atoms with Gasteiger partial charge in [-0.2, -0.15) is 4.31 Å². The fourth-order valence-electron chi connectivity index (χ4n) is 1.85. The van der Waals surface area contributed by atoms with Gasteiger partial charge in [0.1, 0.15) is 4.90 Å². The Morgan fingerprint density at radius 1 is 1.42 bits per heavy atom. The van der Waals surface area contributed by atoms with Gasteiger partial charge in [0.05, 0.1) is 12.3 Å². The lowest BCUT2D eigenvalue weighted by Gasteiger charge is -2.22. The number of nitrogens with two attached hydrogens (primary N) is 1. The van der Waals surface area contributed by atoms with Gasteiger partial charge in [0.2, 0.25) is 10.0 Å². The number of aryl methyl sites for hydroxylation is 1. The summed E-state index contributed by atoms with van der Waals surface area (Å²) in [4.78, 5) is 0.114. The van der Waals surface area contributed by atoms with E-state index in [1.54, 1.807) is 19.1 Å². The van der Waals surface area contributed by atoms with Gasteiger partial charge in [-0.3, -0.25) is 0 Å². The minimum Gasteiger partial charge on any atom is -0.398 e. The monoisotopic (exact) mass is 284 g/mol. The molecule has 0 unspecified atom stereocenters. The fourth-order valence-corrected chi connectivity index (χ4v) is 3.64. The molecule has 0 amide bonds. The molecule has 106 valence electrons. The molecule has 0 saturated carbocycles. The molecule has 1 aromatic rings. The zero-order valence-corrected chi connectivity index (χ0v) is 12.1. The van der Waals surface area contributed by atoms with Crippen molar-refractivity contribution in [1.29, 1.82) is 0 Å². The second-order valence-electron chi connectivity index (χ2n) is 4.30. The van der Waals surface area contributed by atoms with Crippen molar-refractivity contribution in [2.24, 2.45) is 0 Å². The van der Waals surface area contributed by atoms with Gasteiger partial charge in [-0.1, -0.05) is 12.1 Å². The predicted molar refractivity (Wildman–Crippen MR) is 76.4 cm³/mol. The molecule has 0 aliphatic heterocycles. The smallest absolute Gasteiger partial charge is 0.245 e. The Labute approximate surface area is 114 Å². The minimum atomic E-state index is -3.73. The highest BCUT2D eigenvalue weighted by molar-refractivity contribution is 7.89. The maximum atomic E-state index is 12.6. The first kappa shape index (κ1) is 15.7. The van der Waals surface area contributed by atoms with Crippen molar-refractivity contribution >= 4 is 15.7 Å². The van der Waals surface area contributed by atoms with E-state index in [2.05, 4.69) is 6.58 Å². The number of aliphatic hydroxyl groups excluding tert-OH is 1. The van der Waals surface area contributed by atoms with Crippen LogP contribution in [0.5, 0.6) is 0 Å². The van der Waals surface area contributed by atoms with Crippen LogP contribution in [0.3, 0.4) is 0 Å². The summed E-state index contributed by atoms with van der Waals surface area (Å²) < 4.78 is 26.4. The van der Waals surface area contributed by atoms with Gasteiger partial charge < -0.3 is 10.8 Å². The van der Waals surface area contributed by atoms with Crippen LogP contribution in [0.15, 0.2) is 29.7 Å². The Kier molecular flexibility index (Phi) is 5.11. The Balaban J connectivity index is 3.41. The molecule has 0 spiro atoms. The number of aliphatic hydroxyl groups is 1. The number of anilines is 1. The molecule has 1 rings (SSSR count). The van der Waals surface area contributed by atoms with Crippen LogP contribution in [0.2, 0.25) is 0 Å². The molecular weight excluding hydrogens is 264 g/mol. The fraction of sp³-hybridized carbons (Fsp3) is 0.385. The quantitative estimate of drug-likeness (QED) is 0.604. The van der Waals surface area contributed by atoms with Crippen LogP contribution >= 0.6 is 0 Å². The molecule has 3 N–H and O–H groups in total. The lowest BCUT2D eigenvalue weighted by atomic mass is 10.1. The Morgan fingerprint density at radius 3 is 2.58 bits per heavy atom. The van der Waals surface area contributed by atoms with E-state index in [4.69, 9.17) is 10.8 Å². The summed E-state index contributed by atoms with van der Waals surface area (Å²) in [6.45, 7) is 6.99. The molecule has 0 aliphatic carbocycles. The van der Waals surface area contributed by atoms with E-state index in [0.29, 0.717) is 5.56 Å². The summed E-state index contributed by atoms with van der Waals surface area (Å²) in [7, 11) is -3.73. The van der Waals surface area contributed by atoms with E-state index in [1.807, 2.05) is 6.92 Å². The van der Waals surface area contributed by atoms with E-state index < -0.39 is 10.0 Å². The average molecular weight is 284 g/mol. The number of hydrogen-bond donors (Lipinski definition) is 2. The summed E-state index contributed by atoms with van der Waals surface area (Å²) >= 11 is 0. The van der Waals surface area contributed by atoms with Crippen LogP contribution in [0.1, 0.15) is 11.1 Å². The van der Waals surface area contributed by atoms with Crippen LogP contribution in [0.4, 0.5) is 5.69 Å². The molecule has 5 nitrogen and oxygen atoms in total. The maximum Gasteiger partial charge on any atom is 0.245 e. The Morgan fingerprint density at radius 2 is 2.05 bits per heavy atom. The second-order valence-corrected chi connectivity index (χ2v) is 6.18. The van der Waals surface area contributed by atoms with Gasteiger partial charge in [-0.05, 0) is 31.0 Å². The lowest BCUT2D eigenvalue weighted by molar-refractivity contribution is 0.260. The van der Waals surface area contributed by atoms with E-state index in [0.717, 1.165) is 9.87 Å². The summed E-state index contributed by atoms with van der Waals surface area (Å²) in [5.41, 5.74) is 7.52. The molecule has 0 heterocycles. The van der Waals surface area contributed by atoms with Gasteiger partial charge >= 0.3 is 0 Å². The number of rotatable bonds is 6. The molecule has 0 radical (unpaired) electrons. The molecule has 0 aromatic heterocycles. The third-order valence-electron chi connectivity index (χ3n) is 2.99. The third kappa shape index (κ3) is 3.15. The number of nitrogen functional groups attached to an aromatic ring is 1. The zero-order valence-electron chi connectivity index (χ0n) is 11.3. The normalized spacial score (nSPS) is 11.8. The van der Waals surface area contributed by atoms with E-state index >= 15 is 0 Å². The molecule has 0 bridgehead atoms. The molecule has 0 saturated heterocycles. The van der Waals surface area contributed by atoms with Crippen molar-refractivity contribution in [2.75, 3.05) is 25.4 Å². The molecular formula is C13H20N2O3S. The first-order valence-electron chi connectivity index (χ1n) is 5.93. The SMILES string of the molecule is C=CCN(CCO)S(=O)(=O)c1c(N)ccc(C)c1C. The zero-order chi connectivity index (χ0) is 14.6. The van der Waals surface area contributed by atoms with E-state index in [9.17, 15) is 8.42 Å². The Bertz CT molecular complexity index is 567. The van der Waals surface area contributed by atoms with Crippen LogP contribution in [0.25, 0.3) is 0 Å². The van der Waals surface area contributed by atoms with Crippen molar-refractivity contribution in [2.45, 2.75) is 18.7 Å². The maximum absolute atomic E-state index is 12.6. The number of sulfonamides is 1. The van der Waals surface area contributed by atoms with E-state index in [-0.39, 0.29) is 30.3 Å². The van der Waals surface area contributed by atoms with Gasteiger partial charge in [-0.15, -0.1) is 6.58 Å². The highest BCUT2D eigenvalue weighted by Gasteiger charge is 2.27. The van der Waals surface area contributed by atoms with Gasteiger partial charge in [0.15, 0.2) is 0 Å². The second kappa shape index (κ2) is 6.18. The average Bonchev–Trinajstić information content (AvgIpc) is 2.34. The number of hydrogen-bond acceptors (Lipinski definition) is 4. The van der Waals surface area contributed by atoms with Crippen molar-refractivity contribution in [3.05, 3.63) is 35.9 Å². The standard InChI is InChI=1S/C13H20N2O3S/c1-4-7-15(8-9-16)19(17,18)13-11(3)10(2)5-6-12(13)14/h4-6,16H,1,7-9,14H2,2-3H3. The van der Waals surface area contributed by atoms with E-state index in [1.165, 1.54) is 6.08 Å². The summed E-state index contributed by atoms with van der Waals surface area (Å²) in [5, 5.41) is 9.00. The molecule has 19 heavy (non-hydrogen) atoms.